The van der Waals surface area contributed by atoms with Gasteiger partial charge >= 0.3 is 0 Å². The summed E-state index contributed by atoms with van der Waals surface area (Å²) < 4.78 is 5.53. The minimum Gasteiger partial charge on any atom is -0.492 e. The van der Waals surface area contributed by atoms with Gasteiger partial charge in [-0.05, 0) is 31.5 Å². The number of fused-ring (bicyclic) bond motifs is 1. The third-order valence-electron chi connectivity index (χ3n) is 2.56. The molecule has 0 bridgehead atoms. The Labute approximate surface area is 100 Å². The van der Waals surface area contributed by atoms with E-state index in [1.54, 1.807) is 13.1 Å². The SMILES string of the molecule is CCOc1ccc(CC(C)=O)c2cccnc12. The third kappa shape index (κ3) is 2.44. The molecule has 0 saturated carbocycles. The molecule has 2 rings (SSSR count). The van der Waals surface area contributed by atoms with Crippen molar-refractivity contribution in [3.8, 4) is 5.75 Å². The van der Waals surface area contributed by atoms with Crippen molar-refractivity contribution in [1.82, 2.24) is 4.98 Å². The van der Waals surface area contributed by atoms with Crippen molar-refractivity contribution in [3.63, 3.8) is 0 Å². The number of ether oxygens (including phenoxy) is 1. The van der Waals surface area contributed by atoms with Gasteiger partial charge in [-0.3, -0.25) is 9.78 Å². The van der Waals surface area contributed by atoms with Gasteiger partial charge in [-0.2, -0.15) is 0 Å². The van der Waals surface area contributed by atoms with Crippen LogP contribution < -0.4 is 4.74 Å². The fourth-order valence-corrected chi connectivity index (χ4v) is 1.90. The van der Waals surface area contributed by atoms with Gasteiger partial charge in [0, 0.05) is 18.0 Å². The number of Topliss-reactive ketones (excluding diaryl/α,β-unsaturated/α-hetero) is 1. The molecule has 0 aliphatic rings. The highest BCUT2D eigenvalue weighted by Gasteiger charge is 2.08. The topological polar surface area (TPSA) is 39.2 Å². The first-order chi connectivity index (χ1) is 8.22. The van der Waals surface area contributed by atoms with E-state index < -0.39 is 0 Å². The van der Waals surface area contributed by atoms with Crippen LogP contribution in [0.5, 0.6) is 5.75 Å². The molecule has 3 nitrogen and oxygen atoms in total. The molecule has 0 saturated heterocycles. The lowest BCUT2D eigenvalue weighted by Gasteiger charge is -2.09. The van der Waals surface area contributed by atoms with Gasteiger partial charge in [-0.15, -0.1) is 0 Å². The smallest absolute Gasteiger partial charge is 0.145 e. The summed E-state index contributed by atoms with van der Waals surface area (Å²) in [4.78, 5) is 15.5. The minimum atomic E-state index is 0.152. The van der Waals surface area contributed by atoms with Crippen LogP contribution in [0.4, 0.5) is 0 Å². The van der Waals surface area contributed by atoms with Crippen molar-refractivity contribution < 1.29 is 9.53 Å². The highest BCUT2D eigenvalue weighted by molar-refractivity contribution is 5.91. The first kappa shape index (κ1) is 11.6. The lowest BCUT2D eigenvalue weighted by atomic mass is 10.0. The number of carbonyl (C=O) groups excluding carboxylic acids is 1. The normalized spacial score (nSPS) is 10.5. The first-order valence-electron chi connectivity index (χ1n) is 5.71. The van der Waals surface area contributed by atoms with Crippen LogP contribution in [0.1, 0.15) is 19.4 Å². The van der Waals surface area contributed by atoms with E-state index in [0.29, 0.717) is 13.0 Å². The van der Waals surface area contributed by atoms with E-state index in [1.807, 2.05) is 31.2 Å². The molecule has 0 atom stereocenters. The van der Waals surface area contributed by atoms with E-state index >= 15 is 0 Å². The van der Waals surface area contributed by atoms with Gasteiger partial charge in [-0.25, -0.2) is 0 Å². The second kappa shape index (κ2) is 4.95. The van der Waals surface area contributed by atoms with Crippen LogP contribution in [0.15, 0.2) is 30.5 Å². The van der Waals surface area contributed by atoms with Crippen molar-refractivity contribution in [2.45, 2.75) is 20.3 Å². The van der Waals surface area contributed by atoms with E-state index in [9.17, 15) is 4.79 Å². The maximum atomic E-state index is 11.2. The number of carbonyl (C=O) groups is 1. The Morgan fingerprint density at radius 1 is 1.35 bits per heavy atom. The fourth-order valence-electron chi connectivity index (χ4n) is 1.90. The average molecular weight is 229 g/mol. The number of ketones is 1. The predicted octanol–water partition coefficient (Wildman–Crippen LogP) is 2.77. The Morgan fingerprint density at radius 2 is 2.18 bits per heavy atom. The third-order valence-corrected chi connectivity index (χ3v) is 2.56. The molecule has 1 aromatic heterocycles. The van der Waals surface area contributed by atoms with Crippen molar-refractivity contribution in [2.24, 2.45) is 0 Å². The molecule has 17 heavy (non-hydrogen) atoms. The largest absolute Gasteiger partial charge is 0.492 e. The molecular weight excluding hydrogens is 214 g/mol. The summed E-state index contributed by atoms with van der Waals surface area (Å²) in [5.74, 6) is 0.926. The summed E-state index contributed by atoms with van der Waals surface area (Å²) in [5.41, 5.74) is 1.83. The molecule has 0 fully saturated rings. The second-order valence-corrected chi connectivity index (χ2v) is 3.93. The summed E-state index contributed by atoms with van der Waals surface area (Å²) >= 11 is 0. The van der Waals surface area contributed by atoms with Crippen LogP contribution in [0.2, 0.25) is 0 Å². The van der Waals surface area contributed by atoms with Crippen LogP contribution in [0.25, 0.3) is 10.9 Å². The summed E-state index contributed by atoms with van der Waals surface area (Å²) in [6.45, 7) is 4.15. The summed E-state index contributed by atoms with van der Waals surface area (Å²) in [5, 5.41) is 0.994. The number of pyridine rings is 1. The molecular formula is C14H15NO2. The lowest BCUT2D eigenvalue weighted by molar-refractivity contribution is -0.116. The standard InChI is InChI=1S/C14H15NO2/c1-3-17-13-7-6-11(9-10(2)16)12-5-4-8-15-14(12)13/h4-8H,3,9H2,1-2H3. The van der Waals surface area contributed by atoms with Gasteiger partial charge < -0.3 is 4.74 Å². The van der Waals surface area contributed by atoms with Crippen molar-refractivity contribution >= 4 is 16.7 Å². The molecule has 0 aliphatic carbocycles. The van der Waals surface area contributed by atoms with E-state index in [1.165, 1.54) is 0 Å². The number of benzene rings is 1. The Hall–Kier alpha value is -1.90. The summed E-state index contributed by atoms with van der Waals surface area (Å²) in [6, 6.07) is 7.68. The Bertz CT molecular complexity index is 549. The molecule has 0 spiro atoms. The van der Waals surface area contributed by atoms with Crippen LogP contribution in [0.3, 0.4) is 0 Å². The Balaban J connectivity index is 2.57. The van der Waals surface area contributed by atoms with Gasteiger partial charge in [0.1, 0.15) is 17.0 Å². The zero-order valence-electron chi connectivity index (χ0n) is 10.1. The van der Waals surface area contributed by atoms with Crippen LogP contribution in [-0.2, 0) is 11.2 Å². The predicted molar refractivity (Wildman–Crippen MR) is 67.3 cm³/mol. The van der Waals surface area contributed by atoms with Crippen LogP contribution in [0, 0.1) is 0 Å². The minimum absolute atomic E-state index is 0.152. The highest BCUT2D eigenvalue weighted by atomic mass is 16.5. The molecule has 1 heterocycles. The maximum absolute atomic E-state index is 11.2. The molecule has 3 heteroatoms. The Morgan fingerprint density at radius 3 is 2.88 bits per heavy atom. The lowest BCUT2D eigenvalue weighted by Crippen LogP contribution is -2.00. The molecule has 2 aromatic rings. The van der Waals surface area contributed by atoms with Gasteiger partial charge in [0.05, 0.1) is 6.61 Å². The molecule has 1 aromatic carbocycles. The monoisotopic (exact) mass is 229 g/mol. The van der Waals surface area contributed by atoms with Gasteiger partial charge in [0.25, 0.3) is 0 Å². The number of rotatable bonds is 4. The van der Waals surface area contributed by atoms with Crippen molar-refractivity contribution in [1.29, 1.82) is 0 Å². The second-order valence-electron chi connectivity index (χ2n) is 3.93. The molecule has 0 unspecified atom stereocenters. The van der Waals surface area contributed by atoms with Gasteiger partial charge in [-0.1, -0.05) is 12.1 Å². The van der Waals surface area contributed by atoms with E-state index in [4.69, 9.17) is 4.74 Å². The van der Waals surface area contributed by atoms with Gasteiger partial charge in [0.15, 0.2) is 0 Å². The van der Waals surface area contributed by atoms with E-state index in [0.717, 1.165) is 22.2 Å². The fraction of sp³-hybridized carbons (Fsp3) is 0.286. The highest BCUT2D eigenvalue weighted by Crippen LogP contribution is 2.27. The van der Waals surface area contributed by atoms with E-state index in [2.05, 4.69) is 4.98 Å². The van der Waals surface area contributed by atoms with E-state index in [-0.39, 0.29) is 5.78 Å². The average Bonchev–Trinajstić information content (AvgIpc) is 2.32. The zero-order chi connectivity index (χ0) is 12.3. The molecule has 0 radical (unpaired) electrons. The van der Waals surface area contributed by atoms with Crippen molar-refractivity contribution in [3.05, 3.63) is 36.0 Å². The quantitative estimate of drug-likeness (QED) is 0.809. The summed E-state index contributed by atoms with van der Waals surface area (Å²) in [6.07, 6.45) is 2.18. The summed E-state index contributed by atoms with van der Waals surface area (Å²) in [7, 11) is 0. The number of aromatic nitrogens is 1. The van der Waals surface area contributed by atoms with Crippen LogP contribution >= 0.6 is 0 Å². The molecule has 0 amide bonds. The number of hydrogen-bond donors (Lipinski definition) is 0. The molecule has 0 N–H and O–H groups in total. The van der Waals surface area contributed by atoms with Gasteiger partial charge in [0.2, 0.25) is 0 Å². The molecule has 0 aliphatic heterocycles. The number of nitrogens with zero attached hydrogens (tertiary/aromatic N) is 1. The first-order valence-corrected chi connectivity index (χ1v) is 5.71. The zero-order valence-corrected chi connectivity index (χ0v) is 10.1. The Kier molecular flexibility index (Phi) is 3.38. The van der Waals surface area contributed by atoms with Crippen LogP contribution in [-0.4, -0.2) is 17.4 Å². The number of hydrogen-bond acceptors (Lipinski definition) is 3. The molecule has 88 valence electrons. The maximum Gasteiger partial charge on any atom is 0.145 e. The van der Waals surface area contributed by atoms with Crippen molar-refractivity contribution in [2.75, 3.05) is 6.61 Å².